The van der Waals surface area contributed by atoms with E-state index in [1.165, 1.54) is 24.3 Å². The molecule has 0 spiro atoms. The number of carbonyl (C=O) groups is 9. The Morgan fingerprint density at radius 1 is 0.255 bits per heavy atom. The molecule has 0 bridgehead atoms. The third kappa shape index (κ3) is 30.1. The predicted molar refractivity (Wildman–Crippen MR) is 538 cm³/mol. The van der Waals surface area contributed by atoms with Gasteiger partial charge in [0.15, 0.2) is 43.7 Å². The minimum atomic E-state index is -1.01. The molecule has 55 nitrogen and oxygen atoms in total. The van der Waals surface area contributed by atoms with Gasteiger partial charge >= 0.3 is 34.1 Å². The number of phenolic OH excluding ortho intramolecular Hbond substituents is 1. The van der Waals surface area contributed by atoms with Crippen LogP contribution in [0.25, 0.3) is 0 Å². The van der Waals surface area contributed by atoms with Crippen molar-refractivity contribution in [3.05, 3.63) is 382 Å². The Hall–Kier alpha value is -21.3. The number of aromatic amines is 14. The van der Waals surface area contributed by atoms with Gasteiger partial charge < -0.3 is 93.7 Å². The average Bonchev–Trinajstić information content (AvgIpc) is 1.64. The third-order valence-corrected chi connectivity index (χ3v) is 20.6. The number of aryl methyl sites for hydroxylation is 5. The SMILES string of the molecule is CCc1cc(NC(=O)c2c(O)[nH]c(=O)[nH]c2=O)ccc1O.CCc1ccc(NC(=O)c2c(O)[nH]c(=O)[nH]c2=O)cc1.CCc1ccc(NC(=O)c2c(O)[nH]c(=O)[nH]c2=O)cc1.CCc1ccc(NC(=O)c2c(O)[nH]c(=O)[nH]c2=O)cc1.CCc1ccc(NC(=O)c2c(O)[nH]c(=O)[nH]c2=O)cc1.O=C1CN=C(c2ccc(NC(=O)c3c(O)[nH]c(=O)[nH]c3=O)cc2)N1.O=C1CN=C(c2ccc(NC(=O)c3c(O)[nH]c(=S)[nH]c3=O)cc2)N1. The first-order valence-electron chi connectivity index (χ1n) is 43.5. The number of aromatic nitrogens is 14. The molecule has 0 aliphatic carbocycles. The van der Waals surface area contributed by atoms with Crippen LogP contribution >= 0.6 is 12.2 Å². The number of H-pyrrole nitrogens is 14. The van der Waals surface area contributed by atoms with E-state index in [0.717, 1.165) is 47.9 Å². The predicted octanol–water partition coefficient (Wildman–Crippen LogP) is 1.79. The number of hydrogen-bond acceptors (Lipinski definition) is 33. The zero-order valence-electron chi connectivity index (χ0n) is 77.9. The molecule has 7 aromatic carbocycles. The summed E-state index contributed by atoms with van der Waals surface area (Å²) in [4.78, 5) is 288. The summed E-state index contributed by atoms with van der Waals surface area (Å²) in [5.41, 5.74) is -6.37. The molecule has 2 aliphatic rings. The fourth-order valence-corrected chi connectivity index (χ4v) is 13.1. The molecule has 56 heteroatoms. The Labute approximate surface area is 833 Å². The standard InChI is InChI=1S/C14H11N5O5.C14H11N5O4S.C13H13N3O5.4C13H13N3O4/c2*20-8-5-15-10(17-8)6-1-3-7(4-2-6)16-11(21)9-12(22)18-14(24)19-13(9)23;1-2-6-5-7(3-4-8(6)17)14-10(18)9-11(19)15-13(21)16-12(9)20;4*1-2-7-3-5-8(6-4-7)14-10(17)9-11(18)15-13(20)16-12(9)19/h2*1-4H,5H2,(H,16,21)(H,15,17,20)(H3,18,19,22,23,24);3-5,17H,2H2,1H3,(H,14,18)(H3,15,16,19,20,21);4*3-6H,2H2,1H3,(H,14,17)(H3,15,16,18,19,20). The summed E-state index contributed by atoms with van der Waals surface area (Å²) >= 11 is 4.69. The topological polar surface area (TPSA) is 891 Å². The Balaban J connectivity index is 0.000000178. The number of phenols is 1. The van der Waals surface area contributed by atoms with E-state index in [9.17, 15) is 146 Å². The van der Waals surface area contributed by atoms with Gasteiger partial charge in [-0.3, -0.25) is 151 Å². The zero-order chi connectivity index (χ0) is 109. The lowest BCUT2D eigenvalue weighted by molar-refractivity contribution is -0.118. The van der Waals surface area contributed by atoms with Gasteiger partial charge in [-0.2, -0.15) is 0 Å². The number of aromatic hydroxyl groups is 8. The van der Waals surface area contributed by atoms with Gasteiger partial charge in [-0.05, 0) is 187 Å². The van der Waals surface area contributed by atoms with Crippen LogP contribution in [0.5, 0.6) is 46.9 Å². The lowest BCUT2D eigenvalue weighted by atomic mass is 10.1. The molecule has 31 N–H and O–H groups in total. The molecule has 0 saturated carbocycles. The normalized spacial score (nSPS) is 11.3. The van der Waals surface area contributed by atoms with Gasteiger partial charge in [0.2, 0.25) is 53.0 Å². The van der Waals surface area contributed by atoms with Gasteiger partial charge in [0, 0.05) is 50.9 Å². The molecule has 14 aromatic rings. The number of anilines is 7. The van der Waals surface area contributed by atoms with Crippen molar-refractivity contribution >= 4 is 117 Å². The van der Waals surface area contributed by atoms with E-state index in [0.29, 0.717) is 74.6 Å². The van der Waals surface area contributed by atoms with E-state index in [1.54, 1.807) is 91.0 Å². The van der Waals surface area contributed by atoms with Crippen molar-refractivity contribution in [1.82, 2.24) is 80.4 Å². The Morgan fingerprint density at radius 2 is 0.450 bits per heavy atom. The van der Waals surface area contributed by atoms with E-state index in [1.807, 2.05) is 143 Å². The molecule has 9 amide bonds. The van der Waals surface area contributed by atoms with Crippen LogP contribution in [0.4, 0.5) is 39.8 Å². The number of rotatable bonds is 21. The van der Waals surface area contributed by atoms with E-state index < -0.39 is 195 Å². The average molecular weight is 2070 g/mol. The molecule has 0 saturated heterocycles. The molecule has 770 valence electrons. The van der Waals surface area contributed by atoms with Crippen LogP contribution < -0.4 is 121 Å². The van der Waals surface area contributed by atoms with Crippen LogP contribution in [0.15, 0.2) is 236 Å². The summed E-state index contributed by atoms with van der Waals surface area (Å²) in [5, 5.41) is 98.5. The van der Waals surface area contributed by atoms with Gasteiger partial charge in [-0.1, -0.05) is 83.1 Å². The quantitative estimate of drug-likeness (QED) is 0.0360. The molecule has 149 heavy (non-hydrogen) atoms. The minimum Gasteiger partial charge on any atom is -0.508 e. The maximum Gasteiger partial charge on any atom is 0.328 e. The number of amidine groups is 2. The van der Waals surface area contributed by atoms with Crippen LogP contribution in [0.2, 0.25) is 0 Å². The Bertz CT molecular complexity index is 7800. The van der Waals surface area contributed by atoms with Crippen molar-refractivity contribution in [3.8, 4) is 46.9 Å². The molecule has 16 rings (SSSR count). The summed E-state index contributed by atoms with van der Waals surface area (Å²) in [6.45, 7) is 10.0. The largest absolute Gasteiger partial charge is 0.508 e. The third-order valence-electron chi connectivity index (χ3n) is 20.4. The fraction of sp³-hybridized carbons (Fsp3) is 0.129. The lowest BCUT2D eigenvalue weighted by Gasteiger charge is -2.08. The van der Waals surface area contributed by atoms with Crippen molar-refractivity contribution in [1.29, 1.82) is 0 Å². The van der Waals surface area contributed by atoms with E-state index in [2.05, 4.69) is 67.8 Å². The monoisotopic (exact) mass is 2070 g/mol. The number of aliphatic imine (C=N–C) groups is 2. The Morgan fingerprint density at radius 3 is 0.638 bits per heavy atom. The molecule has 7 aromatic heterocycles. The zero-order valence-corrected chi connectivity index (χ0v) is 78.7. The first kappa shape index (κ1) is 110. The van der Waals surface area contributed by atoms with Gasteiger partial charge in [-0.25, -0.2) is 28.8 Å². The number of benzene rings is 7. The van der Waals surface area contributed by atoms with Crippen molar-refractivity contribution in [2.75, 3.05) is 50.3 Å². The maximum absolute atomic E-state index is 12.1. The second-order valence-corrected chi connectivity index (χ2v) is 31.0. The van der Waals surface area contributed by atoms with Gasteiger partial charge in [0.05, 0.1) is 0 Å². The summed E-state index contributed by atoms with van der Waals surface area (Å²) in [5.74, 6) is -10.4. The van der Waals surface area contributed by atoms with E-state index in [4.69, 9.17) is 12.2 Å². The second-order valence-electron chi connectivity index (χ2n) is 30.6. The highest BCUT2D eigenvalue weighted by atomic mass is 32.1. The number of nitrogens with one attached hydrogen (secondary N) is 23. The molecule has 0 fully saturated rings. The highest BCUT2D eigenvalue weighted by Gasteiger charge is 2.27. The highest BCUT2D eigenvalue weighted by molar-refractivity contribution is 7.71. The lowest BCUT2D eigenvalue weighted by Crippen LogP contribution is -2.30. The molecule has 0 unspecified atom stereocenters. The minimum absolute atomic E-state index is 0.0715. The molecule has 0 atom stereocenters. The van der Waals surface area contributed by atoms with Crippen LogP contribution in [0, 0.1) is 4.77 Å². The van der Waals surface area contributed by atoms with Gasteiger partial charge in [0.25, 0.3) is 80.3 Å². The summed E-state index contributed by atoms with van der Waals surface area (Å²) in [6.07, 6.45) is 4.03. The van der Waals surface area contributed by atoms with Crippen molar-refractivity contribution < 1.29 is 84.0 Å². The molecule has 2 aliphatic heterocycles. The molecule has 9 heterocycles. The number of carbonyl (C=O) groups excluding carboxylic acids is 9. The Kier molecular flexibility index (Phi) is 36.9. The summed E-state index contributed by atoms with van der Waals surface area (Å²) < 4.78 is -0.0854. The van der Waals surface area contributed by atoms with Gasteiger partial charge in [0.1, 0.15) is 30.5 Å². The number of hydrogen-bond donors (Lipinski definition) is 31. The van der Waals surface area contributed by atoms with Crippen LogP contribution in [-0.4, -0.2) is 189 Å². The molecule has 0 radical (unpaired) electrons. The maximum atomic E-state index is 12.1. The second kappa shape index (κ2) is 50.2. The summed E-state index contributed by atoms with van der Waals surface area (Å²) in [6, 6.07) is 45.4. The van der Waals surface area contributed by atoms with Gasteiger partial charge in [-0.15, -0.1) is 0 Å². The smallest absolute Gasteiger partial charge is 0.328 e. The van der Waals surface area contributed by atoms with Crippen molar-refractivity contribution in [2.24, 2.45) is 9.98 Å². The van der Waals surface area contributed by atoms with E-state index >= 15 is 0 Å². The number of amides is 9. The summed E-state index contributed by atoms with van der Waals surface area (Å²) in [7, 11) is 0. The van der Waals surface area contributed by atoms with E-state index in [-0.39, 0.29) is 35.4 Å². The van der Waals surface area contributed by atoms with Crippen LogP contribution in [0.3, 0.4) is 0 Å². The first-order chi connectivity index (χ1) is 70.8. The molecular weight excluding hydrogens is 1980 g/mol. The van der Waals surface area contributed by atoms with Crippen molar-refractivity contribution in [2.45, 2.75) is 66.7 Å². The fourth-order valence-electron chi connectivity index (χ4n) is 12.9. The molecular formula is C93H87N25O30S. The van der Waals surface area contributed by atoms with Crippen LogP contribution in [-0.2, 0) is 41.7 Å². The van der Waals surface area contributed by atoms with Crippen molar-refractivity contribution in [3.63, 3.8) is 0 Å². The number of nitrogens with zero attached hydrogens (tertiary/aromatic N) is 2. The first-order valence-corrected chi connectivity index (χ1v) is 43.9. The highest BCUT2D eigenvalue weighted by Crippen LogP contribution is 2.25. The van der Waals surface area contributed by atoms with Crippen LogP contribution in [0.1, 0.15) is 146 Å².